The normalized spacial score (nSPS) is 23.4. The lowest BCUT2D eigenvalue weighted by molar-refractivity contribution is 0.206. The Labute approximate surface area is 113 Å². The minimum Gasteiger partial charge on any atom is -0.458 e. The number of thiocarbonyl (C=S) groups is 1. The molecular formula is C10H10ClN3OS2. The van der Waals surface area contributed by atoms with Crippen molar-refractivity contribution < 1.29 is 4.74 Å². The van der Waals surface area contributed by atoms with E-state index in [0.29, 0.717) is 9.64 Å². The van der Waals surface area contributed by atoms with Gasteiger partial charge in [-0.2, -0.15) is 4.99 Å². The smallest absolute Gasteiger partial charge is 0.285 e. The van der Waals surface area contributed by atoms with E-state index in [4.69, 9.17) is 28.6 Å². The number of hydrogen-bond donors (Lipinski definition) is 0. The molecule has 0 saturated carbocycles. The van der Waals surface area contributed by atoms with Crippen molar-refractivity contribution in [2.75, 3.05) is 6.54 Å². The van der Waals surface area contributed by atoms with E-state index in [-0.39, 0.29) is 6.10 Å². The quantitative estimate of drug-likeness (QED) is 0.783. The number of halogens is 1. The summed E-state index contributed by atoms with van der Waals surface area (Å²) in [6, 6.07) is 0. The van der Waals surface area contributed by atoms with Crippen molar-refractivity contribution in [1.82, 2.24) is 9.88 Å². The van der Waals surface area contributed by atoms with Crippen LogP contribution in [-0.4, -0.2) is 33.5 Å². The second kappa shape index (κ2) is 4.51. The summed E-state index contributed by atoms with van der Waals surface area (Å²) in [6.45, 7) is 1.77. The second-order valence-corrected chi connectivity index (χ2v) is 6.03. The second-order valence-electron chi connectivity index (χ2n) is 3.99. The summed E-state index contributed by atoms with van der Waals surface area (Å²) in [6.07, 6.45) is 3.96. The summed E-state index contributed by atoms with van der Waals surface area (Å²) in [7, 11) is 0. The van der Waals surface area contributed by atoms with Crippen molar-refractivity contribution in [3.05, 3.63) is 15.5 Å². The van der Waals surface area contributed by atoms with E-state index in [1.54, 1.807) is 0 Å². The maximum absolute atomic E-state index is 5.83. The van der Waals surface area contributed by atoms with E-state index in [0.717, 1.165) is 36.6 Å². The van der Waals surface area contributed by atoms with Crippen LogP contribution in [0.25, 0.3) is 0 Å². The highest BCUT2D eigenvalue weighted by atomic mass is 35.5. The lowest BCUT2D eigenvalue weighted by atomic mass is 10.1. The average Bonchev–Trinajstić information content (AvgIpc) is 2.84. The molecule has 1 saturated heterocycles. The number of ether oxygens (including phenoxy) is 1. The molecular weight excluding hydrogens is 278 g/mol. The van der Waals surface area contributed by atoms with Gasteiger partial charge < -0.3 is 9.64 Å². The van der Waals surface area contributed by atoms with Crippen molar-refractivity contribution in [3.8, 4) is 0 Å². The standard InChI is InChI=1S/C10H10ClN3OS2/c11-9-12-4-6(17-9)5-14-3-1-2-7-8(14)13-10(16)15-7/h4,7H,1-3,5H2. The number of nitrogens with zero attached hydrogens (tertiary/aromatic N) is 3. The SMILES string of the molecule is S=C1N=C2C(CCCN2Cc2cnc(Cl)s2)O1. The monoisotopic (exact) mass is 287 g/mol. The minimum atomic E-state index is 0.0552. The van der Waals surface area contributed by atoms with Crippen LogP contribution in [0.3, 0.4) is 0 Å². The van der Waals surface area contributed by atoms with E-state index in [9.17, 15) is 0 Å². The van der Waals surface area contributed by atoms with Crippen LogP contribution in [0, 0.1) is 0 Å². The minimum absolute atomic E-state index is 0.0552. The first-order valence-electron chi connectivity index (χ1n) is 5.37. The molecule has 0 N–H and O–H groups in total. The number of piperidine rings is 1. The van der Waals surface area contributed by atoms with Gasteiger partial charge in [-0.25, -0.2) is 4.98 Å². The van der Waals surface area contributed by atoms with Gasteiger partial charge in [0.05, 0.1) is 6.54 Å². The maximum atomic E-state index is 5.83. The summed E-state index contributed by atoms with van der Waals surface area (Å²) < 4.78 is 6.06. The number of fused-ring (bicyclic) bond motifs is 1. The number of hydrogen-bond acceptors (Lipinski definition) is 5. The molecule has 1 atom stereocenters. The molecule has 1 fully saturated rings. The first kappa shape index (κ1) is 11.4. The predicted octanol–water partition coefficient (Wildman–Crippen LogP) is 2.47. The number of likely N-dealkylation sites (tertiary alicyclic amines) is 1. The van der Waals surface area contributed by atoms with Gasteiger partial charge in [-0.3, -0.25) is 0 Å². The lowest BCUT2D eigenvalue weighted by Gasteiger charge is -2.31. The van der Waals surface area contributed by atoms with Gasteiger partial charge in [-0.15, -0.1) is 11.3 Å². The van der Waals surface area contributed by atoms with Crippen LogP contribution in [0.5, 0.6) is 0 Å². The van der Waals surface area contributed by atoms with E-state index in [1.165, 1.54) is 11.3 Å². The lowest BCUT2D eigenvalue weighted by Crippen LogP contribution is -2.42. The number of aliphatic imine (C=N–C) groups is 1. The van der Waals surface area contributed by atoms with Crippen molar-refractivity contribution >= 4 is 46.2 Å². The fourth-order valence-corrected chi connectivity index (χ4v) is 3.32. The summed E-state index contributed by atoms with van der Waals surface area (Å²) in [5.41, 5.74) is 0. The summed E-state index contributed by atoms with van der Waals surface area (Å²) in [5, 5.41) is 0.360. The number of aromatic nitrogens is 1. The molecule has 2 aliphatic heterocycles. The molecule has 0 aliphatic carbocycles. The van der Waals surface area contributed by atoms with Gasteiger partial charge in [0.2, 0.25) is 0 Å². The molecule has 0 bridgehead atoms. The molecule has 0 radical (unpaired) electrons. The topological polar surface area (TPSA) is 37.7 Å². The Kier molecular flexibility index (Phi) is 3.02. The highest BCUT2D eigenvalue weighted by Crippen LogP contribution is 2.25. The van der Waals surface area contributed by atoms with Crippen LogP contribution in [0.2, 0.25) is 4.47 Å². The molecule has 3 heterocycles. The molecule has 2 aliphatic rings. The number of thiazole rings is 1. The van der Waals surface area contributed by atoms with Crippen molar-refractivity contribution in [2.24, 2.45) is 4.99 Å². The molecule has 17 heavy (non-hydrogen) atoms. The summed E-state index contributed by atoms with van der Waals surface area (Å²) in [5.74, 6) is 0.964. The van der Waals surface area contributed by atoms with Crippen LogP contribution in [0.15, 0.2) is 11.2 Å². The van der Waals surface area contributed by atoms with Crippen LogP contribution in [0.4, 0.5) is 0 Å². The largest absolute Gasteiger partial charge is 0.458 e. The molecule has 1 aromatic rings. The van der Waals surface area contributed by atoms with Crippen LogP contribution in [0.1, 0.15) is 17.7 Å². The van der Waals surface area contributed by atoms with Crippen LogP contribution < -0.4 is 0 Å². The summed E-state index contributed by atoms with van der Waals surface area (Å²) >= 11 is 12.3. The average molecular weight is 288 g/mol. The van der Waals surface area contributed by atoms with Crippen LogP contribution >= 0.6 is 35.2 Å². The van der Waals surface area contributed by atoms with E-state index >= 15 is 0 Å². The Balaban J connectivity index is 1.78. The number of rotatable bonds is 2. The molecule has 0 spiro atoms. The van der Waals surface area contributed by atoms with Crippen molar-refractivity contribution in [3.63, 3.8) is 0 Å². The molecule has 3 rings (SSSR count). The third-order valence-corrected chi connectivity index (χ3v) is 4.11. The van der Waals surface area contributed by atoms with Crippen LogP contribution in [-0.2, 0) is 11.3 Å². The number of amidine groups is 1. The van der Waals surface area contributed by atoms with Gasteiger partial charge in [0.25, 0.3) is 5.17 Å². The molecule has 7 heteroatoms. The Hall–Kier alpha value is -0.720. The zero-order valence-electron chi connectivity index (χ0n) is 8.93. The van der Waals surface area contributed by atoms with E-state index in [2.05, 4.69) is 14.9 Å². The third kappa shape index (κ3) is 2.29. The highest BCUT2D eigenvalue weighted by molar-refractivity contribution is 7.80. The first-order chi connectivity index (χ1) is 8.22. The van der Waals surface area contributed by atoms with Gasteiger partial charge in [0.1, 0.15) is 0 Å². The van der Waals surface area contributed by atoms with Gasteiger partial charge in [-0.05, 0) is 25.1 Å². The van der Waals surface area contributed by atoms with Crippen molar-refractivity contribution in [2.45, 2.75) is 25.5 Å². The Morgan fingerprint density at radius 1 is 1.65 bits per heavy atom. The van der Waals surface area contributed by atoms with Gasteiger partial charge in [0.15, 0.2) is 16.4 Å². The van der Waals surface area contributed by atoms with Gasteiger partial charge >= 0.3 is 0 Å². The summed E-state index contributed by atoms with van der Waals surface area (Å²) in [4.78, 5) is 11.7. The fourth-order valence-electron chi connectivity index (χ4n) is 2.12. The Bertz CT molecular complexity index is 488. The zero-order valence-corrected chi connectivity index (χ0v) is 11.3. The van der Waals surface area contributed by atoms with Gasteiger partial charge in [-0.1, -0.05) is 11.6 Å². The zero-order chi connectivity index (χ0) is 11.8. The first-order valence-corrected chi connectivity index (χ1v) is 6.97. The fraction of sp³-hybridized carbons (Fsp3) is 0.500. The highest BCUT2D eigenvalue weighted by Gasteiger charge is 2.33. The molecule has 0 aromatic carbocycles. The van der Waals surface area contributed by atoms with Gasteiger partial charge in [0, 0.05) is 17.6 Å². The molecule has 1 unspecified atom stereocenters. The molecule has 1 aromatic heterocycles. The van der Waals surface area contributed by atoms with E-state index in [1.807, 2.05) is 6.20 Å². The predicted molar refractivity (Wildman–Crippen MR) is 71.7 cm³/mol. The molecule has 90 valence electrons. The maximum Gasteiger partial charge on any atom is 0.285 e. The Morgan fingerprint density at radius 3 is 3.29 bits per heavy atom. The Morgan fingerprint density at radius 2 is 2.53 bits per heavy atom. The third-order valence-electron chi connectivity index (χ3n) is 2.83. The molecule has 4 nitrogen and oxygen atoms in total. The van der Waals surface area contributed by atoms with E-state index < -0.39 is 0 Å². The van der Waals surface area contributed by atoms with Crippen molar-refractivity contribution in [1.29, 1.82) is 0 Å². The molecule has 0 amide bonds.